The van der Waals surface area contributed by atoms with Crippen molar-refractivity contribution in [1.29, 1.82) is 0 Å². The average molecular weight is 335 g/mol. The largest absolute Gasteiger partial charge is 0.493 e. The molecule has 23 heavy (non-hydrogen) atoms. The second-order valence-electron chi connectivity index (χ2n) is 5.40. The summed E-state index contributed by atoms with van der Waals surface area (Å²) < 4.78 is 10.8. The molecule has 0 heterocycles. The molecule has 0 spiro atoms. The molecule has 0 bridgehead atoms. The first-order chi connectivity index (χ1) is 11.1. The molecule has 1 saturated carbocycles. The molecule has 124 valence electrons. The molecule has 2 rings (SSSR count). The number of esters is 1. The van der Waals surface area contributed by atoms with Gasteiger partial charge in [-0.25, -0.2) is 0 Å². The summed E-state index contributed by atoms with van der Waals surface area (Å²) in [7, 11) is 1.53. The Morgan fingerprint density at radius 3 is 2.74 bits per heavy atom. The van der Waals surface area contributed by atoms with Crippen LogP contribution < -0.4 is 20.6 Å². The number of carbonyl (C=O) groups excluding carboxylic acids is 1. The summed E-state index contributed by atoms with van der Waals surface area (Å²) in [6.07, 6.45) is 6.72. The lowest BCUT2D eigenvalue weighted by atomic mass is 9.89. The van der Waals surface area contributed by atoms with Crippen molar-refractivity contribution in [3.8, 4) is 11.5 Å². The van der Waals surface area contributed by atoms with Gasteiger partial charge in [0.25, 0.3) is 0 Å². The summed E-state index contributed by atoms with van der Waals surface area (Å²) >= 11 is 4.66. The van der Waals surface area contributed by atoms with Gasteiger partial charge in [-0.05, 0) is 48.8 Å². The molecule has 1 aromatic carbocycles. The van der Waals surface area contributed by atoms with Gasteiger partial charge in [0.1, 0.15) is 0 Å². The molecule has 0 atom stereocenters. The lowest BCUT2D eigenvalue weighted by molar-refractivity contribution is -0.140. The minimum atomic E-state index is -0.181. The second kappa shape index (κ2) is 8.47. The van der Waals surface area contributed by atoms with Crippen molar-refractivity contribution in [3.05, 3.63) is 23.8 Å². The highest BCUT2D eigenvalue weighted by molar-refractivity contribution is 7.80. The van der Waals surface area contributed by atoms with Crippen LogP contribution in [-0.2, 0) is 4.79 Å². The SMILES string of the molecule is COc1cc(C=NNC(N)=S)ccc1OC(=O)C1CCCCC1. The number of hydrazone groups is 1. The van der Waals surface area contributed by atoms with Crippen LogP contribution in [0, 0.1) is 5.92 Å². The molecular formula is C16H21N3O3S. The topological polar surface area (TPSA) is 85.9 Å². The Balaban J connectivity index is 2.05. The molecule has 0 unspecified atom stereocenters. The number of thiocarbonyl (C=S) groups is 1. The standard InChI is InChI=1S/C16H21N3O3S/c1-21-14-9-11(10-18-19-16(17)23)7-8-13(14)22-15(20)12-5-3-2-4-6-12/h7-10,12H,2-6H2,1H3,(H3,17,19,23). The number of hydrogen-bond donors (Lipinski definition) is 2. The Bertz CT molecular complexity index is 598. The van der Waals surface area contributed by atoms with Crippen LogP contribution in [0.2, 0.25) is 0 Å². The van der Waals surface area contributed by atoms with Crippen molar-refractivity contribution in [2.24, 2.45) is 16.8 Å². The van der Waals surface area contributed by atoms with Crippen LogP contribution in [0.25, 0.3) is 0 Å². The van der Waals surface area contributed by atoms with E-state index < -0.39 is 0 Å². The van der Waals surface area contributed by atoms with Gasteiger partial charge < -0.3 is 15.2 Å². The van der Waals surface area contributed by atoms with Crippen LogP contribution in [0.15, 0.2) is 23.3 Å². The van der Waals surface area contributed by atoms with Crippen LogP contribution in [0.5, 0.6) is 11.5 Å². The molecule has 1 aliphatic rings. The van der Waals surface area contributed by atoms with E-state index in [1.165, 1.54) is 13.5 Å². The molecule has 6 nitrogen and oxygen atoms in total. The van der Waals surface area contributed by atoms with Crippen LogP contribution >= 0.6 is 12.2 Å². The highest BCUT2D eigenvalue weighted by Gasteiger charge is 2.23. The first-order valence-corrected chi connectivity index (χ1v) is 7.99. The van der Waals surface area contributed by atoms with E-state index in [0.717, 1.165) is 31.2 Å². The van der Waals surface area contributed by atoms with Gasteiger partial charge in [0, 0.05) is 0 Å². The predicted molar refractivity (Wildman–Crippen MR) is 92.7 cm³/mol. The fourth-order valence-corrected chi connectivity index (χ4v) is 2.60. The number of nitrogens with zero attached hydrogens (tertiary/aromatic N) is 1. The summed E-state index contributed by atoms with van der Waals surface area (Å²) in [5, 5.41) is 3.97. The molecule has 0 amide bonds. The third-order valence-electron chi connectivity index (χ3n) is 3.73. The first-order valence-electron chi connectivity index (χ1n) is 7.58. The lowest BCUT2D eigenvalue weighted by Gasteiger charge is -2.20. The number of hydrogen-bond acceptors (Lipinski definition) is 5. The van der Waals surface area contributed by atoms with Gasteiger partial charge in [0.15, 0.2) is 16.6 Å². The third kappa shape index (κ3) is 5.21. The Morgan fingerprint density at radius 2 is 2.09 bits per heavy atom. The van der Waals surface area contributed by atoms with E-state index in [1.807, 2.05) is 0 Å². The van der Waals surface area contributed by atoms with Crippen LogP contribution in [0.4, 0.5) is 0 Å². The third-order valence-corrected chi connectivity index (χ3v) is 3.82. The second-order valence-corrected chi connectivity index (χ2v) is 5.84. The number of ether oxygens (including phenoxy) is 2. The number of nitrogens with one attached hydrogen (secondary N) is 1. The molecule has 1 aromatic rings. The van der Waals surface area contributed by atoms with E-state index >= 15 is 0 Å². The van der Waals surface area contributed by atoms with Gasteiger partial charge in [0.05, 0.1) is 19.2 Å². The summed E-state index contributed by atoms with van der Waals surface area (Å²) in [5.41, 5.74) is 8.53. The van der Waals surface area contributed by atoms with E-state index in [-0.39, 0.29) is 17.0 Å². The maximum Gasteiger partial charge on any atom is 0.314 e. The molecule has 3 N–H and O–H groups in total. The molecule has 1 aliphatic carbocycles. The van der Waals surface area contributed by atoms with E-state index in [4.69, 9.17) is 15.2 Å². The number of rotatable bonds is 5. The van der Waals surface area contributed by atoms with E-state index in [9.17, 15) is 4.79 Å². The highest BCUT2D eigenvalue weighted by Crippen LogP contribution is 2.31. The van der Waals surface area contributed by atoms with Crippen LogP contribution in [0.3, 0.4) is 0 Å². The fraction of sp³-hybridized carbons (Fsp3) is 0.438. The van der Waals surface area contributed by atoms with Gasteiger partial charge >= 0.3 is 5.97 Å². The van der Waals surface area contributed by atoms with Crippen molar-refractivity contribution in [1.82, 2.24) is 5.43 Å². The first kappa shape index (κ1) is 17.2. The summed E-state index contributed by atoms with van der Waals surface area (Å²) in [6.45, 7) is 0. The summed E-state index contributed by atoms with van der Waals surface area (Å²) in [6, 6.07) is 5.20. The fourth-order valence-electron chi connectivity index (χ4n) is 2.55. The lowest BCUT2D eigenvalue weighted by Crippen LogP contribution is -2.24. The predicted octanol–water partition coefficient (Wildman–Crippen LogP) is 2.35. The molecule has 0 saturated heterocycles. The Morgan fingerprint density at radius 1 is 1.35 bits per heavy atom. The maximum absolute atomic E-state index is 12.2. The molecular weight excluding hydrogens is 314 g/mol. The van der Waals surface area contributed by atoms with Gasteiger partial charge in [-0.2, -0.15) is 5.10 Å². The number of nitrogens with two attached hydrogens (primary N) is 1. The highest BCUT2D eigenvalue weighted by atomic mass is 32.1. The molecule has 0 aliphatic heterocycles. The van der Waals surface area contributed by atoms with Gasteiger partial charge in [-0.15, -0.1) is 0 Å². The molecule has 0 radical (unpaired) electrons. The summed E-state index contributed by atoms with van der Waals surface area (Å²) in [5.74, 6) is 0.708. The zero-order chi connectivity index (χ0) is 16.7. The smallest absolute Gasteiger partial charge is 0.314 e. The normalized spacial score (nSPS) is 15.3. The minimum Gasteiger partial charge on any atom is -0.493 e. The molecule has 0 aromatic heterocycles. The van der Waals surface area contributed by atoms with Crippen molar-refractivity contribution in [2.75, 3.05) is 7.11 Å². The maximum atomic E-state index is 12.2. The van der Waals surface area contributed by atoms with E-state index in [2.05, 4.69) is 22.7 Å². The average Bonchev–Trinajstić information content (AvgIpc) is 2.56. The number of benzene rings is 1. The van der Waals surface area contributed by atoms with Gasteiger partial charge in [-0.3, -0.25) is 10.2 Å². The monoisotopic (exact) mass is 335 g/mol. The number of methoxy groups -OCH3 is 1. The van der Waals surface area contributed by atoms with Crippen molar-refractivity contribution < 1.29 is 14.3 Å². The summed E-state index contributed by atoms with van der Waals surface area (Å²) in [4.78, 5) is 12.2. The number of carbonyl (C=O) groups is 1. The van der Waals surface area contributed by atoms with Crippen molar-refractivity contribution in [3.63, 3.8) is 0 Å². The van der Waals surface area contributed by atoms with Gasteiger partial charge in [-0.1, -0.05) is 19.3 Å². The Kier molecular flexibility index (Phi) is 6.34. The molecule has 7 heteroatoms. The van der Waals surface area contributed by atoms with Crippen molar-refractivity contribution in [2.45, 2.75) is 32.1 Å². The molecule has 1 fully saturated rings. The Labute approximate surface area is 141 Å². The van der Waals surface area contributed by atoms with Crippen LogP contribution in [0.1, 0.15) is 37.7 Å². The Hall–Kier alpha value is -2.15. The van der Waals surface area contributed by atoms with Gasteiger partial charge in [0.2, 0.25) is 0 Å². The van der Waals surface area contributed by atoms with E-state index in [1.54, 1.807) is 24.4 Å². The zero-order valence-corrected chi connectivity index (χ0v) is 13.9. The zero-order valence-electron chi connectivity index (χ0n) is 13.1. The van der Waals surface area contributed by atoms with E-state index in [0.29, 0.717) is 11.5 Å². The van der Waals surface area contributed by atoms with Crippen LogP contribution in [-0.4, -0.2) is 24.4 Å². The quantitative estimate of drug-likeness (QED) is 0.282. The minimum absolute atomic E-state index is 0.00976. The van der Waals surface area contributed by atoms with Crippen molar-refractivity contribution >= 4 is 29.5 Å².